The number of rotatable bonds is 4. The molecule has 1 fully saturated rings. The van der Waals surface area contributed by atoms with Crippen LogP contribution in [-0.2, 0) is 14.3 Å². The Morgan fingerprint density at radius 3 is 2.64 bits per heavy atom. The number of nitrogens with one attached hydrogen (secondary N) is 2. The first-order valence-electron chi connectivity index (χ1n) is 9.26. The summed E-state index contributed by atoms with van der Waals surface area (Å²) >= 11 is 3.30. The number of pyridine rings is 1. The highest BCUT2D eigenvalue weighted by Gasteiger charge is 2.31. The topological polar surface area (TPSA) is 101 Å². The SMILES string of the molecule is CC(NC(=O)OC(C)(C)C)C(=O)N1CCCC(C(=O)Nc2ccc(Br)cn2)C1. The molecule has 0 bridgehead atoms. The molecule has 3 amide bonds. The van der Waals surface area contributed by atoms with E-state index in [1.807, 2.05) is 0 Å². The minimum atomic E-state index is -0.732. The van der Waals surface area contributed by atoms with Gasteiger partial charge in [-0.2, -0.15) is 0 Å². The van der Waals surface area contributed by atoms with Gasteiger partial charge in [0, 0.05) is 23.8 Å². The maximum atomic E-state index is 12.7. The van der Waals surface area contributed by atoms with Crippen molar-refractivity contribution in [3.8, 4) is 0 Å². The molecule has 28 heavy (non-hydrogen) atoms. The molecule has 1 aromatic heterocycles. The summed E-state index contributed by atoms with van der Waals surface area (Å²) in [4.78, 5) is 42.8. The second-order valence-corrected chi connectivity index (χ2v) is 8.76. The highest BCUT2D eigenvalue weighted by molar-refractivity contribution is 9.10. The number of carbonyl (C=O) groups is 3. The summed E-state index contributed by atoms with van der Waals surface area (Å²) in [7, 11) is 0. The number of anilines is 1. The van der Waals surface area contributed by atoms with E-state index in [-0.39, 0.29) is 17.7 Å². The van der Waals surface area contributed by atoms with Crippen molar-refractivity contribution in [1.82, 2.24) is 15.2 Å². The summed E-state index contributed by atoms with van der Waals surface area (Å²) in [6, 6.07) is 2.77. The van der Waals surface area contributed by atoms with E-state index >= 15 is 0 Å². The fourth-order valence-electron chi connectivity index (χ4n) is 2.89. The molecule has 0 spiro atoms. The molecule has 1 saturated heterocycles. The molecule has 0 radical (unpaired) electrons. The smallest absolute Gasteiger partial charge is 0.408 e. The number of halogens is 1. The van der Waals surface area contributed by atoms with Crippen molar-refractivity contribution < 1.29 is 19.1 Å². The maximum Gasteiger partial charge on any atom is 0.408 e. The molecule has 1 aliphatic heterocycles. The van der Waals surface area contributed by atoms with E-state index < -0.39 is 17.7 Å². The molecule has 0 saturated carbocycles. The molecule has 9 heteroatoms. The van der Waals surface area contributed by atoms with E-state index in [9.17, 15) is 14.4 Å². The monoisotopic (exact) mass is 454 g/mol. The summed E-state index contributed by atoms with van der Waals surface area (Å²) in [5, 5.41) is 5.34. The van der Waals surface area contributed by atoms with Gasteiger partial charge in [0.05, 0.1) is 5.92 Å². The average Bonchev–Trinajstić information content (AvgIpc) is 2.61. The van der Waals surface area contributed by atoms with Crippen LogP contribution in [0.5, 0.6) is 0 Å². The van der Waals surface area contributed by atoms with E-state index in [2.05, 4.69) is 31.5 Å². The van der Waals surface area contributed by atoms with Crippen molar-refractivity contribution in [3.63, 3.8) is 0 Å². The van der Waals surface area contributed by atoms with Gasteiger partial charge in [-0.3, -0.25) is 9.59 Å². The lowest BCUT2D eigenvalue weighted by Gasteiger charge is -2.33. The van der Waals surface area contributed by atoms with Gasteiger partial charge in [-0.25, -0.2) is 9.78 Å². The van der Waals surface area contributed by atoms with Crippen LogP contribution in [0, 0.1) is 5.92 Å². The zero-order chi connectivity index (χ0) is 20.9. The fourth-order valence-corrected chi connectivity index (χ4v) is 3.12. The van der Waals surface area contributed by atoms with Crippen LogP contribution in [0.2, 0.25) is 0 Å². The average molecular weight is 455 g/mol. The third-order valence-electron chi connectivity index (χ3n) is 4.19. The van der Waals surface area contributed by atoms with Gasteiger partial charge in [0.25, 0.3) is 0 Å². The molecule has 8 nitrogen and oxygen atoms in total. The van der Waals surface area contributed by atoms with Crippen LogP contribution in [-0.4, -0.2) is 52.5 Å². The van der Waals surface area contributed by atoms with Crippen molar-refractivity contribution in [1.29, 1.82) is 0 Å². The third-order valence-corrected chi connectivity index (χ3v) is 4.66. The molecule has 154 valence electrons. The first-order chi connectivity index (χ1) is 13.0. The number of amides is 3. The van der Waals surface area contributed by atoms with Crippen LogP contribution in [0.25, 0.3) is 0 Å². The van der Waals surface area contributed by atoms with E-state index in [1.165, 1.54) is 0 Å². The Morgan fingerprint density at radius 2 is 2.04 bits per heavy atom. The molecule has 0 aromatic carbocycles. The number of ether oxygens (including phenoxy) is 1. The summed E-state index contributed by atoms with van der Waals surface area (Å²) < 4.78 is 6.01. The van der Waals surface area contributed by atoms with Crippen molar-refractivity contribution >= 4 is 39.7 Å². The van der Waals surface area contributed by atoms with Gasteiger partial charge in [0.15, 0.2) is 0 Å². The minimum Gasteiger partial charge on any atom is -0.444 e. The van der Waals surface area contributed by atoms with Gasteiger partial charge in [-0.1, -0.05) is 0 Å². The number of piperidine rings is 1. The number of hydrogen-bond donors (Lipinski definition) is 2. The van der Waals surface area contributed by atoms with Crippen LogP contribution < -0.4 is 10.6 Å². The summed E-state index contributed by atoms with van der Waals surface area (Å²) in [6.07, 6.45) is 2.38. The highest BCUT2D eigenvalue weighted by atomic mass is 79.9. The van der Waals surface area contributed by atoms with Crippen molar-refractivity contribution in [2.45, 2.75) is 52.2 Å². The minimum absolute atomic E-state index is 0.167. The van der Waals surface area contributed by atoms with Crippen LogP contribution in [0.4, 0.5) is 10.6 Å². The number of nitrogens with zero attached hydrogens (tertiary/aromatic N) is 2. The molecule has 2 unspecified atom stereocenters. The Labute approximate surface area is 173 Å². The van der Waals surface area contributed by atoms with Crippen molar-refractivity contribution in [2.24, 2.45) is 5.92 Å². The normalized spacial score (nSPS) is 18.2. The van der Waals surface area contributed by atoms with E-state index in [1.54, 1.807) is 50.9 Å². The van der Waals surface area contributed by atoms with E-state index in [0.717, 1.165) is 10.9 Å². The summed E-state index contributed by atoms with van der Waals surface area (Å²) in [6.45, 7) is 7.75. The second kappa shape index (κ2) is 9.36. The van der Waals surface area contributed by atoms with Crippen LogP contribution >= 0.6 is 15.9 Å². The first-order valence-corrected chi connectivity index (χ1v) is 10.0. The predicted molar refractivity (Wildman–Crippen MR) is 109 cm³/mol. The maximum absolute atomic E-state index is 12.7. The Bertz CT molecular complexity index is 718. The quantitative estimate of drug-likeness (QED) is 0.727. The summed E-state index contributed by atoms with van der Waals surface area (Å²) in [5.41, 5.74) is -0.637. The lowest BCUT2D eigenvalue weighted by Crippen LogP contribution is -2.52. The standard InChI is InChI=1S/C19H27BrN4O4/c1-12(22-18(27)28-19(2,3)4)17(26)24-9-5-6-13(11-24)16(25)23-15-8-7-14(20)10-21-15/h7-8,10,12-13H,5-6,9,11H2,1-4H3,(H,22,27)(H,21,23,25). The Morgan fingerprint density at radius 1 is 1.32 bits per heavy atom. The zero-order valence-electron chi connectivity index (χ0n) is 16.6. The molecule has 2 heterocycles. The molecular weight excluding hydrogens is 428 g/mol. The Balaban J connectivity index is 1.90. The molecule has 0 aliphatic carbocycles. The Hall–Kier alpha value is -2.16. The van der Waals surface area contributed by atoms with Crippen molar-refractivity contribution in [2.75, 3.05) is 18.4 Å². The third kappa shape index (κ3) is 6.78. The van der Waals surface area contributed by atoms with Gasteiger partial charge < -0.3 is 20.3 Å². The summed E-state index contributed by atoms with van der Waals surface area (Å²) in [5.74, 6) is -0.251. The van der Waals surface area contributed by atoms with Crippen molar-refractivity contribution in [3.05, 3.63) is 22.8 Å². The van der Waals surface area contributed by atoms with Crippen LogP contribution in [0.15, 0.2) is 22.8 Å². The van der Waals surface area contributed by atoms with Gasteiger partial charge in [-0.05, 0) is 68.6 Å². The first kappa shape index (κ1) is 22.1. The lowest BCUT2D eigenvalue weighted by molar-refractivity contribution is -0.136. The molecular formula is C19H27BrN4O4. The highest BCUT2D eigenvalue weighted by Crippen LogP contribution is 2.20. The van der Waals surface area contributed by atoms with Gasteiger partial charge in [-0.15, -0.1) is 0 Å². The number of hydrogen-bond acceptors (Lipinski definition) is 5. The lowest BCUT2D eigenvalue weighted by atomic mass is 9.96. The van der Waals surface area contributed by atoms with E-state index in [4.69, 9.17) is 4.74 Å². The number of alkyl carbamates (subject to hydrolysis) is 1. The molecule has 2 N–H and O–H groups in total. The predicted octanol–water partition coefficient (Wildman–Crippen LogP) is 2.93. The second-order valence-electron chi connectivity index (χ2n) is 7.84. The van der Waals surface area contributed by atoms with Crippen LogP contribution in [0.1, 0.15) is 40.5 Å². The Kier molecular flexibility index (Phi) is 7.40. The fraction of sp³-hybridized carbons (Fsp3) is 0.579. The number of aromatic nitrogens is 1. The van der Waals surface area contributed by atoms with E-state index in [0.29, 0.717) is 25.3 Å². The van der Waals surface area contributed by atoms with Gasteiger partial charge >= 0.3 is 6.09 Å². The molecule has 1 aliphatic rings. The number of carbonyl (C=O) groups excluding carboxylic acids is 3. The number of likely N-dealkylation sites (tertiary alicyclic amines) is 1. The van der Waals surface area contributed by atoms with Crippen LogP contribution in [0.3, 0.4) is 0 Å². The van der Waals surface area contributed by atoms with Gasteiger partial charge in [0.1, 0.15) is 17.5 Å². The van der Waals surface area contributed by atoms with Gasteiger partial charge in [0.2, 0.25) is 11.8 Å². The molecule has 1 aromatic rings. The zero-order valence-corrected chi connectivity index (χ0v) is 18.2. The molecule has 2 atom stereocenters. The molecule has 2 rings (SSSR count). The largest absolute Gasteiger partial charge is 0.444 e.